The predicted molar refractivity (Wildman–Crippen MR) is 58.8 cm³/mol. The van der Waals surface area contributed by atoms with E-state index < -0.39 is 10.2 Å². The number of aromatic amines is 1. The summed E-state index contributed by atoms with van der Waals surface area (Å²) in [5, 5.41) is 9.50. The Labute approximate surface area is 94.4 Å². The third kappa shape index (κ3) is 2.79. The standard InChI is InChI=1S/C8H15N5O2S/c14-16(15,13-3-1-9-2-4-13)12-7-8-5-10-11-6-8/h5-6,9,12H,1-4,7H2,(H,10,11). The molecule has 16 heavy (non-hydrogen) atoms. The fourth-order valence-corrected chi connectivity index (χ4v) is 2.72. The molecule has 0 atom stereocenters. The molecule has 1 aliphatic rings. The first-order chi connectivity index (χ1) is 7.68. The number of aromatic nitrogens is 2. The zero-order valence-corrected chi connectivity index (χ0v) is 9.63. The summed E-state index contributed by atoms with van der Waals surface area (Å²) in [5.74, 6) is 0. The van der Waals surface area contributed by atoms with Crippen molar-refractivity contribution < 1.29 is 8.42 Å². The molecule has 7 nitrogen and oxygen atoms in total. The minimum atomic E-state index is -3.36. The molecule has 1 saturated heterocycles. The van der Waals surface area contributed by atoms with Crippen LogP contribution in [-0.4, -0.2) is 49.1 Å². The normalized spacial score (nSPS) is 18.8. The van der Waals surface area contributed by atoms with Crippen molar-refractivity contribution in [3.63, 3.8) is 0 Å². The van der Waals surface area contributed by atoms with Crippen LogP contribution in [0.3, 0.4) is 0 Å². The highest BCUT2D eigenvalue weighted by Gasteiger charge is 2.22. The van der Waals surface area contributed by atoms with Crippen molar-refractivity contribution in [1.82, 2.24) is 24.5 Å². The zero-order valence-electron chi connectivity index (χ0n) is 8.81. The molecule has 0 amide bonds. The van der Waals surface area contributed by atoms with Gasteiger partial charge in [0.15, 0.2) is 0 Å². The summed E-state index contributed by atoms with van der Waals surface area (Å²) < 4.78 is 27.7. The maximum Gasteiger partial charge on any atom is 0.279 e. The quantitative estimate of drug-likeness (QED) is 0.612. The van der Waals surface area contributed by atoms with Crippen LogP contribution < -0.4 is 10.0 Å². The first kappa shape index (κ1) is 11.5. The molecule has 0 aromatic carbocycles. The van der Waals surface area contributed by atoms with Crippen LogP contribution in [0.15, 0.2) is 12.4 Å². The van der Waals surface area contributed by atoms with E-state index in [-0.39, 0.29) is 6.54 Å². The predicted octanol–water partition coefficient (Wildman–Crippen LogP) is -1.35. The van der Waals surface area contributed by atoms with E-state index in [4.69, 9.17) is 0 Å². The van der Waals surface area contributed by atoms with Crippen LogP contribution in [-0.2, 0) is 16.8 Å². The molecular weight excluding hydrogens is 230 g/mol. The van der Waals surface area contributed by atoms with Gasteiger partial charge in [-0.15, -0.1) is 0 Å². The van der Waals surface area contributed by atoms with Gasteiger partial charge in [-0.05, 0) is 0 Å². The number of piperazine rings is 1. The van der Waals surface area contributed by atoms with Crippen molar-refractivity contribution in [2.24, 2.45) is 0 Å². The Morgan fingerprint density at radius 1 is 1.44 bits per heavy atom. The van der Waals surface area contributed by atoms with Crippen molar-refractivity contribution in [3.05, 3.63) is 18.0 Å². The molecule has 0 unspecified atom stereocenters. The highest BCUT2D eigenvalue weighted by molar-refractivity contribution is 7.87. The Hall–Kier alpha value is -0.960. The molecule has 1 aromatic heterocycles. The number of rotatable bonds is 4. The Kier molecular flexibility index (Phi) is 3.54. The van der Waals surface area contributed by atoms with Crippen LogP contribution in [0, 0.1) is 0 Å². The van der Waals surface area contributed by atoms with Crippen molar-refractivity contribution in [3.8, 4) is 0 Å². The van der Waals surface area contributed by atoms with Crippen LogP contribution >= 0.6 is 0 Å². The fourth-order valence-electron chi connectivity index (χ4n) is 1.52. The van der Waals surface area contributed by atoms with Gasteiger partial charge in [0.1, 0.15) is 0 Å². The maximum absolute atomic E-state index is 11.8. The highest BCUT2D eigenvalue weighted by Crippen LogP contribution is 2.01. The van der Waals surface area contributed by atoms with Crippen LogP contribution in [0.25, 0.3) is 0 Å². The molecule has 0 aliphatic carbocycles. The van der Waals surface area contributed by atoms with Gasteiger partial charge in [-0.1, -0.05) is 0 Å². The van der Waals surface area contributed by atoms with E-state index >= 15 is 0 Å². The average molecular weight is 245 g/mol. The molecule has 2 rings (SSSR count). The summed E-state index contributed by atoms with van der Waals surface area (Å²) in [4.78, 5) is 0. The first-order valence-corrected chi connectivity index (χ1v) is 6.55. The van der Waals surface area contributed by atoms with Gasteiger partial charge in [0.2, 0.25) is 0 Å². The summed E-state index contributed by atoms with van der Waals surface area (Å²) >= 11 is 0. The van der Waals surface area contributed by atoms with Crippen LogP contribution in [0.1, 0.15) is 5.56 Å². The van der Waals surface area contributed by atoms with Gasteiger partial charge in [0.25, 0.3) is 10.2 Å². The molecule has 3 N–H and O–H groups in total. The lowest BCUT2D eigenvalue weighted by molar-refractivity contribution is 0.354. The van der Waals surface area contributed by atoms with E-state index in [0.717, 1.165) is 5.56 Å². The SMILES string of the molecule is O=S(=O)(NCc1cn[nH]c1)N1CCNCC1. The molecule has 0 bridgehead atoms. The summed E-state index contributed by atoms with van der Waals surface area (Å²) in [7, 11) is -3.36. The molecule has 0 spiro atoms. The second-order valence-electron chi connectivity index (χ2n) is 3.58. The average Bonchev–Trinajstić information content (AvgIpc) is 2.81. The van der Waals surface area contributed by atoms with Gasteiger partial charge in [0, 0.05) is 44.5 Å². The largest absolute Gasteiger partial charge is 0.314 e. The Morgan fingerprint density at radius 3 is 2.81 bits per heavy atom. The van der Waals surface area contributed by atoms with Crippen LogP contribution in [0.5, 0.6) is 0 Å². The molecule has 0 radical (unpaired) electrons. The molecule has 1 aromatic rings. The van der Waals surface area contributed by atoms with Gasteiger partial charge in [0.05, 0.1) is 6.20 Å². The summed E-state index contributed by atoms with van der Waals surface area (Å²) in [6, 6.07) is 0. The molecule has 1 aliphatic heterocycles. The van der Waals surface area contributed by atoms with Crippen LogP contribution in [0.2, 0.25) is 0 Å². The third-order valence-corrected chi connectivity index (χ3v) is 3.98. The minimum Gasteiger partial charge on any atom is -0.314 e. The van der Waals surface area contributed by atoms with Crippen molar-refractivity contribution in [2.45, 2.75) is 6.54 Å². The highest BCUT2D eigenvalue weighted by atomic mass is 32.2. The fraction of sp³-hybridized carbons (Fsp3) is 0.625. The third-order valence-electron chi connectivity index (χ3n) is 2.43. The summed E-state index contributed by atoms with van der Waals surface area (Å²) in [6.07, 6.45) is 3.26. The van der Waals surface area contributed by atoms with E-state index in [1.165, 1.54) is 4.31 Å². The smallest absolute Gasteiger partial charge is 0.279 e. The van der Waals surface area contributed by atoms with E-state index in [0.29, 0.717) is 26.2 Å². The van der Waals surface area contributed by atoms with Gasteiger partial charge in [-0.2, -0.15) is 22.5 Å². The maximum atomic E-state index is 11.8. The van der Waals surface area contributed by atoms with Gasteiger partial charge in [-0.3, -0.25) is 5.10 Å². The molecule has 1 fully saturated rings. The topological polar surface area (TPSA) is 90.1 Å². The zero-order chi connectivity index (χ0) is 11.4. The second-order valence-corrected chi connectivity index (χ2v) is 5.34. The Balaban J connectivity index is 1.91. The summed E-state index contributed by atoms with van der Waals surface area (Å²) in [6.45, 7) is 2.70. The summed E-state index contributed by atoms with van der Waals surface area (Å²) in [5.41, 5.74) is 0.818. The lowest BCUT2D eigenvalue weighted by Crippen LogP contribution is -2.50. The molecule has 8 heteroatoms. The number of nitrogens with zero attached hydrogens (tertiary/aromatic N) is 2. The number of hydrogen-bond donors (Lipinski definition) is 3. The number of hydrogen-bond acceptors (Lipinski definition) is 4. The van der Waals surface area contributed by atoms with Gasteiger partial charge in [-0.25, -0.2) is 0 Å². The number of H-pyrrole nitrogens is 1. The minimum absolute atomic E-state index is 0.267. The molecule has 0 saturated carbocycles. The van der Waals surface area contributed by atoms with Crippen molar-refractivity contribution >= 4 is 10.2 Å². The van der Waals surface area contributed by atoms with Gasteiger partial charge < -0.3 is 5.32 Å². The number of nitrogens with one attached hydrogen (secondary N) is 3. The molecular formula is C8H15N5O2S. The van der Waals surface area contributed by atoms with Gasteiger partial charge >= 0.3 is 0 Å². The lowest BCUT2D eigenvalue weighted by Gasteiger charge is -2.26. The lowest BCUT2D eigenvalue weighted by atomic mass is 10.4. The van der Waals surface area contributed by atoms with E-state index in [2.05, 4.69) is 20.2 Å². The van der Waals surface area contributed by atoms with E-state index in [1.54, 1.807) is 12.4 Å². The Morgan fingerprint density at radius 2 is 2.19 bits per heavy atom. The second kappa shape index (κ2) is 4.91. The monoisotopic (exact) mass is 245 g/mol. The van der Waals surface area contributed by atoms with Crippen molar-refractivity contribution in [1.29, 1.82) is 0 Å². The first-order valence-electron chi connectivity index (χ1n) is 5.11. The Bertz CT molecular complexity index is 410. The van der Waals surface area contributed by atoms with Crippen LogP contribution in [0.4, 0.5) is 0 Å². The molecule has 90 valence electrons. The van der Waals surface area contributed by atoms with E-state index in [9.17, 15) is 8.42 Å². The molecule has 2 heterocycles. The van der Waals surface area contributed by atoms with E-state index in [1.807, 2.05) is 0 Å². The van der Waals surface area contributed by atoms with Crippen molar-refractivity contribution in [2.75, 3.05) is 26.2 Å².